The number of carbonyl (C=O) groups is 1. The molecule has 0 aliphatic rings. The Hall–Kier alpha value is -2.07. The lowest BCUT2D eigenvalue weighted by molar-refractivity contribution is -0.136. The Balaban J connectivity index is 1.96. The van der Waals surface area contributed by atoms with Gasteiger partial charge >= 0.3 is 5.97 Å². The maximum Gasteiger partial charge on any atom is 0.307 e. The molecule has 0 aliphatic heterocycles. The van der Waals surface area contributed by atoms with Crippen LogP contribution in [0.1, 0.15) is 11.1 Å². The number of carboxylic acids is 1. The highest BCUT2D eigenvalue weighted by molar-refractivity contribution is 6.30. The van der Waals surface area contributed by atoms with Gasteiger partial charge in [0.25, 0.3) is 0 Å². The molecule has 0 unspecified atom stereocenters. The molecule has 0 saturated carbocycles. The van der Waals surface area contributed by atoms with Crippen molar-refractivity contribution in [3.63, 3.8) is 0 Å². The molecule has 0 saturated heterocycles. The van der Waals surface area contributed by atoms with Gasteiger partial charge in [0.2, 0.25) is 0 Å². The van der Waals surface area contributed by atoms with Gasteiger partial charge in [-0.15, -0.1) is 0 Å². The molecule has 0 aromatic heterocycles. The SMILES string of the molecule is O=C(O)Cc1ccc(CNc2ccc(Cl)c(F)c2)cc1. The molecule has 0 heterocycles. The molecule has 0 bridgehead atoms. The predicted molar refractivity (Wildman–Crippen MR) is 76.5 cm³/mol. The number of carboxylic acid groups (broad SMARTS) is 1. The first kappa shape index (κ1) is 14.3. The molecule has 2 N–H and O–H groups in total. The van der Waals surface area contributed by atoms with Crippen molar-refractivity contribution in [2.45, 2.75) is 13.0 Å². The number of hydrogen-bond acceptors (Lipinski definition) is 2. The van der Waals surface area contributed by atoms with Crippen molar-refractivity contribution in [2.75, 3.05) is 5.32 Å². The Labute approximate surface area is 121 Å². The summed E-state index contributed by atoms with van der Waals surface area (Å²) < 4.78 is 13.3. The van der Waals surface area contributed by atoms with Gasteiger partial charge in [0.15, 0.2) is 0 Å². The number of benzene rings is 2. The van der Waals surface area contributed by atoms with Crippen LogP contribution in [0.2, 0.25) is 5.02 Å². The zero-order valence-electron chi connectivity index (χ0n) is 10.6. The van der Waals surface area contributed by atoms with Crippen molar-refractivity contribution < 1.29 is 14.3 Å². The van der Waals surface area contributed by atoms with Gasteiger partial charge in [-0.05, 0) is 29.3 Å². The van der Waals surface area contributed by atoms with Gasteiger partial charge in [-0.2, -0.15) is 0 Å². The van der Waals surface area contributed by atoms with E-state index >= 15 is 0 Å². The molecule has 0 spiro atoms. The Bertz CT molecular complexity index is 614. The van der Waals surface area contributed by atoms with Crippen molar-refractivity contribution in [2.24, 2.45) is 0 Å². The molecule has 2 rings (SSSR count). The van der Waals surface area contributed by atoms with Crippen molar-refractivity contribution in [3.05, 3.63) is 64.4 Å². The van der Waals surface area contributed by atoms with E-state index < -0.39 is 11.8 Å². The number of rotatable bonds is 5. The van der Waals surface area contributed by atoms with E-state index in [-0.39, 0.29) is 11.4 Å². The first-order valence-electron chi connectivity index (χ1n) is 6.03. The summed E-state index contributed by atoms with van der Waals surface area (Å²) >= 11 is 5.61. The summed E-state index contributed by atoms with van der Waals surface area (Å²) in [4.78, 5) is 10.6. The highest BCUT2D eigenvalue weighted by Crippen LogP contribution is 2.19. The van der Waals surface area contributed by atoms with Gasteiger partial charge in [-0.25, -0.2) is 4.39 Å². The van der Waals surface area contributed by atoms with Gasteiger partial charge in [0, 0.05) is 12.2 Å². The van der Waals surface area contributed by atoms with Crippen LogP contribution < -0.4 is 5.32 Å². The van der Waals surface area contributed by atoms with Crippen molar-refractivity contribution in [3.8, 4) is 0 Å². The minimum absolute atomic E-state index is 0.0100. The molecular weight excluding hydrogens is 281 g/mol. The number of anilines is 1. The number of aliphatic carboxylic acids is 1. The average Bonchev–Trinajstić information content (AvgIpc) is 2.41. The van der Waals surface area contributed by atoms with Crippen LogP contribution in [0.15, 0.2) is 42.5 Å². The van der Waals surface area contributed by atoms with E-state index in [0.29, 0.717) is 12.2 Å². The molecule has 20 heavy (non-hydrogen) atoms. The summed E-state index contributed by atoms with van der Waals surface area (Å²) in [6.45, 7) is 0.522. The quantitative estimate of drug-likeness (QED) is 0.883. The second kappa shape index (κ2) is 6.39. The summed E-state index contributed by atoms with van der Waals surface area (Å²) in [6.07, 6.45) is 0.0100. The van der Waals surface area contributed by atoms with Crippen LogP contribution in [-0.4, -0.2) is 11.1 Å². The third kappa shape index (κ3) is 3.96. The first-order chi connectivity index (χ1) is 9.54. The minimum atomic E-state index is -0.854. The first-order valence-corrected chi connectivity index (χ1v) is 6.41. The van der Waals surface area contributed by atoms with Crippen LogP contribution in [0.5, 0.6) is 0 Å². The Morgan fingerprint density at radius 3 is 2.40 bits per heavy atom. The summed E-state index contributed by atoms with van der Waals surface area (Å²) in [5.41, 5.74) is 2.37. The van der Waals surface area contributed by atoms with Crippen LogP contribution in [-0.2, 0) is 17.8 Å². The number of halogens is 2. The summed E-state index contributed by atoms with van der Waals surface area (Å²) in [5, 5.41) is 11.8. The lowest BCUT2D eigenvalue weighted by atomic mass is 10.1. The number of nitrogens with one attached hydrogen (secondary N) is 1. The van der Waals surface area contributed by atoms with E-state index in [2.05, 4.69) is 5.32 Å². The molecule has 0 atom stereocenters. The smallest absolute Gasteiger partial charge is 0.307 e. The van der Waals surface area contributed by atoms with Gasteiger partial charge in [-0.3, -0.25) is 4.79 Å². The Kier molecular flexibility index (Phi) is 4.58. The van der Waals surface area contributed by atoms with Gasteiger partial charge in [-0.1, -0.05) is 35.9 Å². The normalized spacial score (nSPS) is 10.3. The van der Waals surface area contributed by atoms with Crippen LogP contribution in [0.25, 0.3) is 0 Å². The monoisotopic (exact) mass is 293 g/mol. The molecule has 5 heteroatoms. The Morgan fingerprint density at radius 1 is 1.15 bits per heavy atom. The topological polar surface area (TPSA) is 49.3 Å². The molecule has 0 aliphatic carbocycles. The molecule has 0 fully saturated rings. The lowest BCUT2D eigenvalue weighted by Crippen LogP contribution is -2.02. The van der Waals surface area contributed by atoms with E-state index in [0.717, 1.165) is 11.1 Å². The fraction of sp³-hybridized carbons (Fsp3) is 0.133. The number of hydrogen-bond donors (Lipinski definition) is 2. The summed E-state index contributed by atoms with van der Waals surface area (Å²) in [5.74, 6) is -1.32. The van der Waals surface area contributed by atoms with E-state index in [4.69, 9.17) is 16.7 Å². The molecule has 2 aromatic carbocycles. The third-order valence-corrected chi connectivity index (χ3v) is 3.10. The third-order valence-electron chi connectivity index (χ3n) is 2.79. The molecule has 0 amide bonds. The molecule has 104 valence electrons. The van der Waals surface area contributed by atoms with Crippen molar-refractivity contribution in [1.82, 2.24) is 0 Å². The second-order valence-electron chi connectivity index (χ2n) is 4.37. The van der Waals surface area contributed by atoms with Crippen molar-refractivity contribution in [1.29, 1.82) is 0 Å². The maximum atomic E-state index is 13.3. The summed E-state index contributed by atoms with van der Waals surface area (Å²) in [6, 6.07) is 11.8. The van der Waals surface area contributed by atoms with E-state index in [1.54, 1.807) is 18.2 Å². The second-order valence-corrected chi connectivity index (χ2v) is 4.78. The lowest BCUT2D eigenvalue weighted by Gasteiger charge is -2.08. The highest BCUT2D eigenvalue weighted by atomic mass is 35.5. The molecule has 0 radical (unpaired) electrons. The zero-order chi connectivity index (χ0) is 14.5. The average molecular weight is 294 g/mol. The van der Waals surface area contributed by atoms with Crippen LogP contribution >= 0.6 is 11.6 Å². The van der Waals surface area contributed by atoms with E-state index in [1.807, 2.05) is 12.1 Å². The van der Waals surface area contributed by atoms with E-state index in [1.165, 1.54) is 12.1 Å². The molecule has 3 nitrogen and oxygen atoms in total. The summed E-state index contributed by atoms with van der Waals surface area (Å²) in [7, 11) is 0. The van der Waals surface area contributed by atoms with Crippen molar-refractivity contribution >= 4 is 23.3 Å². The molecule has 2 aromatic rings. The van der Waals surface area contributed by atoms with Gasteiger partial charge in [0.05, 0.1) is 11.4 Å². The maximum absolute atomic E-state index is 13.3. The molecular formula is C15H13ClFNO2. The largest absolute Gasteiger partial charge is 0.481 e. The van der Waals surface area contributed by atoms with E-state index in [9.17, 15) is 9.18 Å². The fourth-order valence-corrected chi connectivity index (χ4v) is 1.88. The van der Waals surface area contributed by atoms with Gasteiger partial charge in [0.1, 0.15) is 5.82 Å². The standard InChI is InChI=1S/C15H13ClFNO2/c16-13-6-5-12(8-14(13)17)18-9-11-3-1-10(2-4-11)7-15(19)20/h1-6,8,18H,7,9H2,(H,19,20). The highest BCUT2D eigenvalue weighted by Gasteiger charge is 2.02. The Morgan fingerprint density at radius 2 is 1.80 bits per heavy atom. The van der Waals surface area contributed by atoms with Crippen LogP contribution in [0, 0.1) is 5.82 Å². The van der Waals surface area contributed by atoms with Gasteiger partial charge < -0.3 is 10.4 Å². The predicted octanol–water partition coefficient (Wildman–Crippen LogP) is 3.72. The fourth-order valence-electron chi connectivity index (χ4n) is 1.76. The minimum Gasteiger partial charge on any atom is -0.481 e. The zero-order valence-corrected chi connectivity index (χ0v) is 11.3. The van der Waals surface area contributed by atoms with Crippen LogP contribution in [0.3, 0.4) is 0 Å². The van der Waals surface area contributed by atoms with Crippen LogP contribution in [0.4, 0.5) is 10.1 Å².